The van der Waals surface area contributed by atoms with Crippen molar-refractivity contribution in [3.63, 3.8) is 0 Å². The summed E-state index contributed by atoms with van der Waals surface area (Å²) in [7, 11) is 3.17. The van der Waals surface area contributed by atoms with Crippen LogP contribution >= 0.6 is 0 Å². The topological polar surface area (TPSA) is 116 Å². The lowest BCUT2D eigenvalue weighted by atomic mass is 10.1. The molecule has 0 aliphatic rings. The Labute approximate surface area is 186 Å². The zero-order valence-electron chi connectivity index (χ0n) is 17.9. The summed E-state index contributed by atoms with van der Waals surface area (Å²) >= 11 is 0. The van der Waals surface area contributed by atoms with Crippen molar-refractivity contribution in [1.82, 2.24) is 20.2 Å². The Bertz CT molecular complexity index is 1230. The zero-order valence-corrected chi connectivity index (χ0v) is 18.7. The van der Waals surface area contributed by atoms with Crippen molar-refractivity contribution >= 4 is 39.5 Å². The van der Waals surface area contributed by atoms with Gasteiger partial charge in [0, 0.05) is 51.1 Å². The molecule has 2 heterocycles. The molecule has 32 heavy (non-hydrogen) atoms. The van der Waals surface area contributed by atoms with Gasteiger partial charge in [0.25, 0.3) is 11.8 Å². The van der Waals surface area contributed by atoms with E-state index in [4.69, 9.17) is 0 Å². The molecule has 0 saturated heterocycles. The molecule has 0 aliphatic carbocycles. The number of fused-ring (bicyclic) bond motifs is 1. The molecule has 3 aromatic rings. The predicted molar refractivity (Wildman–Crippen MR) is 119 cm³/mol. The summed E-state index contributed by atoms with van der Waals surface area (Å²) in [6.45, 7) is -0.111. The Balaban J connectivity index is 1.98. The van der Waals surface area contributed by atoms with E-state index in [0.29, 0.717) is 10.9 Å². The fourth-order valence-corrected chi connectivity index (χ4v) is 3.41. The molecule has 1 atom stereocenters. The van der Waals surface area contributed by atoms with Crippen molar-refractivity contribution in [2.24, 2.45) is 0 Å². The third-order valence-corrected chi connectivity index (χ3v) is 5.71. The molecule has 0 radical (unpaired) electrons. The fourth-order valence-electron chi connectivity index (χ4n) is 3.03. The molecular weight excluding hydrogens is 437 g/mol. The fraction of sp³-hybridized carbons (Fsp3) is 0.238. The number of hydrogen-bond donors (Lipinski definition) is 2. The lowest BCUT2D eigenvalue weighted by Crippen LogP contribution is -2.28. The standard InChI is InChI=1S/C21H22FN5O4S/c1-26(2)21(30)15-10-13(22)8-7-12(15)11-24-20(29)17-18(28)16-14(6-5-9-23-16)19(25-17)27(3)32(4)31/h5-10,28H,11H2,1-4H3,(H,24,29). The van der Waals surface area contributed by atoms with E-state index in [1.165, 1.54) is 47.9 Å². The van der Waals surface area contributed by atoms with Gasteiger partial charge in [-0.25, -0.2) is 13.6 Å². The SMILES string of the molecule is CN(C)C(=O)c1cc(F)ccc1CNC(=O)c1nc(N(C)S(C)=O)c2cccnc2c1O. The van der Waals surface area contributed by atoms with E-state index in [0.717, 1.165) is 6.07 Å². The molecule has 1 aromatic carbocycles. The molecular formula is C21H22FN5O4S. The number of pyridine rings is 2. The number of halogens is 1. The van der Waals surface area contributed by atoms with E-state index in [1.807, 2.05) is 0 Å². The molecule has 2 aromatic heterocycles. The van der Waals surface area contributed by atoms with Crippen LogP contribution in [-0.2, 0) is 17.5 Å². The van der Waals surface area contributed by atoms with Crippen LogP contribution in [0.4, 0.5) is 10.2 Å². The van der Waals surface area contributed by atoms with Gasteiger partial charge in [-0.05, 0) is 29.8 Å². The van der Waals surface area contributed by atoms with Crippen LogP contribution in [0.25, 0.3) is 10.9 Å². The zero-order chi connectivity index (χ0) is 23.6. The number of carbonyl (C=O) groups is 2. The van der Waals surface area contributed by atoms with Crippen molar-refractivity contribution in [2.75, 3.05) is 31.7 Å². The number of nitrogens with zero attached hydrogens (tertiary/aromatic N) is 4. The third kappa shape index (κ3) is 4.52. The van der Waals surface area contributed by atoms with Crippen LogP contribution in [0.15, 0.2) is 36.5 Å². The normalized spacial score (nSPS) is 11.8. The van der Waals surface area contributed by atoms with E-state index < -0.39 is 34.4 Å². The highest BCUT2D eigenvalue weighted by Crippen LogP contribution is 2.32. The van der Waals surface area contributed by atoms with E-state index >= 15 is 0 Å². The number of rotatable bonds is 6. The molecule has 0 aliphatic heterocycles. The minimum atomic E-state index is -1.44. The molecule has 2 amide bonds. The van der Waals surface area contributed by atoms with Crippen LogP contribution in [0.1, 0.15) is 26.4 Å². The van der Waals surface area contributed by atoms with Gasteiger partial charge >= 0.3 is 0 Å². The number of anilines is 1. The van der Waals surface area contributed by atoms with E-state index in [-0.39, 0.29) is 29.1 Å². The van der Waals surface area contributed by atoms with Gasteiger partial charge in [0.05, 0.1) is 0 Å². The number of carbonyl (C=O) groups excluding carboxylic acids is 2. The van der Waals surface area contributed by atoms with Crippen molar-refractivity contribution in [2.45, 2.75) is 6.54 Å². The summed E-state index contributed by atoms with van der Waals surface area (Å²) in [5, 5.41) is 13.6. The Morgan fingerprint density at radius 1 is 1.22 bits per heavy atom. The van der Waals surface area contributed by atoms with Crippen LogP contribution in [0.5, 0.6) is 5.75 Å². The monoisotopic (exact) mass is 459 g/mol. The first kappa shape index (κ1) is 23.1. The van der Waals surface area contributed by atoms with Gasteiger partial charge in [-0.1, -0.05) is 6.07 Å². The third-order valence-electron chi connectivity index (χ3n) is 4.76. The Hall–Kier alpha value is -3.60. The van der Waals surface area contributed by atoms with Crippen molar-refractivity contribution in [3.05, 3.63) is 59.2 Å². The van der Waals surface area contributed by atoms with Gasteiger partial charge in [0.1, 0.15) is 22.3 Å². The summed E-state index contributed by atoms with van der Waals surface area (Å²) in [6, 6.07) is 6.97. The maximum absolute atomic E-state index is 13.7. The first-order chi connectivity index (χ1) is 15.1. The number of amides is 2. The second kappa shape index (κ2) is 9.27. The van der Waals surface area contributed by atoms with Crippen molar-refractivity contribution < 1.29 is 23.3 Å². The molecule has 2 N–H and O–H groups in total. The molecule has 0 spiro atoms. The molecule has 168 valence electrons. The molecule has 0 fully saturated rings. The predicted octanol–water partition coefficient (Wildman–Crippen LogP) is 1.84. The molecule has 3 rings (SSSR count). The van der Waals surface area contributed by atoms with Crippen LogP contribution in [-0.4, -0.2) is 63.4 Å². The quantitative estimate of drug-likeness (QED) is 0.581. The smallest absolute Gasteiger partial charge is 0.274 e. The Kier molecular flexibility index (Phi) is 6.68. The maximum atomic E-state index is 13.7. The van der Waals surface area contributed by atoms with Gasteiger partial charge in [0.2, 0.25) is 0 Å². The molecule has 0 bridgehead atoms. The van der Waals surface area contributed by atoms with Crippen LogP contribution in [0, 0.1) is 5.82 Å². The van der Waals surface area contributed by atoms with Crippen molar-refractivity contribution in [1.29, 1.82) is 0 Å². The number of aromatic nitrogens is 2. The van der Waals surface area contributed by atoms with Crippen molar-refractivity contribution in [3.8, 4) is 5.75 Å². The Morgan fingerprint density at radius 3 is 2.59 bits per heavy atom. The van der Waals surface area contributed by atoms with Gasteiger partial charge in [0.15, 0.2) is 17.3 Å². The second-order valence-corrected chi connectivity index (χ2v) is 8.53. The Morgan fingerprint density at radius 2 is 1.94 bits per heavy atom. The molecule has 11 heteroatoms. The minimum absolute atomic E-state index is 0.106. The van der Waals surface area contributed by atoms with Gasteiger partial charge in [-0.2, -0.15) is 0 Å². The largest absolute Gasteiger partial charge is 0.504 e. The average molecular weight is 460 g/mol. The number of nitrogens with one attached hydrogen (secondary N) is 1. The van der Waals surface area contributed by atoms with E-state index in [1.54, 1.807) is 19.2 Å². The van der Waals surface area contributed by atoms with Gasteiger partial charge in [-0.3, -0.25) is 18.9 Å². The number of hydrogen-bond acceptors (Lipinski definition) is 6. The van der Waals surface area contributed by atoms with Crippen LogP contribution in [0.3, 0.4) is 0 Å². The van der Waals surface area contributed by atoms with Gasteiger partial charge in [-0.15, -0.1) is 0 Å². The summed E-state index contributed by atoms with van der Waals surface area (Å²) in [5.41, 5.74) is 0.314. The molecule has 0 saturated carbocycles. The summed E-state index contributed by atoms with van der Waals surface area (Å²) in [4.78, 5) is 34.9. The number of benzene rings is 1. The highest BCUT2D eigenvalue weighted by molar-refractivity contribution is 7.85. The lowest BCUT2D eigenvalue weighted by molar-refractivity contribution is 0.0823. The molecule has 1 unspecified atom stereocenters. The lowest BCUT2D eigenvalue weighted by Gasteiger charge is -2.19. The molecule has 9 nitrogen and oxygen atoms in total. The summed E-state index contributed by atoms with van der Waals surface area (Å²) in [5.74, 6) is -1.95. The number of aromatic hydroxyl groups is 1. The summed E-state index contributed by atoms with van der Waals surface area (Å²) < 4.78 is 27.0. The van der Waals surface area contributed by atoms with E-state index in [9.17, 15) is 23.3 Å². The summed E-state index contributed by atoms with van der Waals surface area (Å²) in [6.07, 6.45) is 2.91. The second-order valence-electron chi connectivity index (χ2n) is 7.14. The van der Waals surface area contributed by atoms with E-state index in [2.05, 4.69) is 15.3 Å². The first-order valence-corrected chi connectivity index (χ1v) is 11.0. The highest BCUT2D eigenvalue weighted by atomic mass is 32.2. The highest BCUT2D eigenvalue weighted by Gasteiger charge is 2.23. The average Bonchev–Trinajstić information content (AvgIpc) is 2.77. The van der Waals surface area contributed by atoms with Gasteiger partial charge < -0.3 is 15.3 Å². The minimum Gasteiger partial charge on any atom is -0.504 e. The van der Waals surface area contributed by atoms with Crippen LogP contribution in [0.2, 0.25) is 0 Å². The van der Waals surface area contributed by atoms with Crippen LogP contribution < -0.4 is 9.62 Å². The maximum Gasteiger partial charge on any atom is 0.274 e. The first-order valence-electron chi connectivity index (χ1n) is 9.45.